The molecule has 6 nitrogen and oxygen atoms in total. The zero-order valence-electron chi connectivity index (χ0n) is 15.0. The van der Waals surface area contributed by atoms with Crippen LogP contribution in [0, 0.1) is 0 Å². The van der Waals surface area contributed by atoms with Gasteiger partial charge in [-0.05, 0) is 56.4 Å². The average Bonchev–Trinajstić information content (AvgIpc) is 3.09. The van der Waals surface area contributed by atoms with Crippen LogP contribution in [0.5, 0.6) is 0 Å². The number of hydrogen-bond donors (Lipinski definition) is 2. The number of nitrogens with one attached hydrogen (secondary N) is 2. The molecule has 2 aliphatic rings. The van der Waals surface area contributed by atoms with Crippen LogP contribution in [0.15, 0.2) is 23.1 Å². The summed E-state index contributed by atoms with van der Waals surface area (Å²) in [7, 11) is -3.44. The summed E-state index contributed by atoms with van der Waals surface area (Å²) in [5.74, 6) is 0.0347. The first-order valence-corrected chi connectivity index (χ1v) is 10.6. The van der Waals surface area contributed by atoms with E-state index in [1.807, 2.05) is 26.0 Å². The molecule has 7 heteroatoms. The van der Waals surface area contributed by atoms with Gasteiger partial charge in [0.05, 0.1) is 31.1 Å². The molecule has 3 rings (SSSR count). The van der Waals surface area contributed by atoms with E-state index in [4.69, 9.17) is 0 Å². The van der Waals surface area contributed by atoms with Gasteiger partial charge in [-0.25, -0.2) is 8.42 Å². The van der Waals surface area contributed by atoms with Crippen LogP contribution in [0.1, 0.15) is 31.4 Å². The van der Waals surface area contributed by atoms with Gasteiger partial charge in [0, 0.05) is 6.54 Å². The van der Waals surface area contributed by atoms with Crippen LogP contribution < -0.4 is 10.2 Å². The van der Waals surface area contributed by atoms with Crippen molar-refractivity contribution < 1.29 is 18.1 Å². The Bertz CT molecular complexity index is 740. The fraction of sp³-hybridized carbons (Fsp3) is 0.611. The van der Waals surface area contributed by atoms with Gasteiger partial charge in [-0.1, -0.05) is 6.07 Å². The van der Waals surface area contributed by atoms with E-state index >= 15 is 0 Å². The van der Waals surface area contributed by atoms with Crippen molar-refractivity contribution in [2.45, 2.75) is 44.0 Å². The van der Waals surface area contributed by atoms with Crippen LogP contribution in [0.3, 0.4) is 0 Å². The van der Waals surface area contributed by atoms with Gasteiger partial charge in [-0.3, -0.25) is 4.79 Å². The van der Waals surface area contributed by atoms with Gasteiger partial charge in [0.25, 0.3) is 5.91 Å². The van der Waals surface area contributed by atoms with Crippen molar-refractivity contribution in [2.24, 2.45) is 0 Å². The van der Waals surface area contributed by atoms with Crippen molar-refractivity contribution in [1.82, 2.24) is 9.62 Å². The normalized spacial score (nSPS) is 20.2. The number of rotatable bonds is 5. The number of sulfonamides is 1. The molecule has 0 radical (unpaired) electrons. The Morgan fingerprint density at radius 2 is 1.92 bits per heavy atom. The zero-order valence-corrected chi connectivity index (χ0v) is 15.9. The number of carbonyl (C=O) groups excluding carboxylic acids is 1. The Balaban J connectivity index is 1.66. The predicted octanol–water partition coefficient (Wildman–Crippen LogP) is -0.411. The number of fused-ring (bicyclic) bond motifs is 1. The second-order valence-electron chi connectivity index (χ2n) is 6.96. The fourth-order valence-electron chi connectivity index (χ4n) is 3.82. The molecular formula is C18H28N3O3S+. The van der Waals surface area contributed by atoms with Gasteiger partial charge < -0.3 is 10.2 Å². The SMILES string of the molecule is CCNC(=O)[C@H](C)[NH+]1CCN(S(=O)(=O)c2ccc3c(c2)CCC3)CC1. The van der Waals surface area contributed by atoms with E-state index in [9.17, 15) is 13.2 Å². The number of likely N-dealkylation sites (N-methyl/N-ethyl adjacent to an activating group) is 1. The smallest absolute Gasteiger partial charge is 0.278 e. The molecule has 1 aliphatic carbocycles. The third-order valence-corrected chi connectivity index (χ3v) is 7.32. The lowest BCUT2D eigenvalue weighted by molar-refractivity contribution is -0.917. The summed E-state index contributed by atoms with van der Waals surface area (Å²) in [6, 6.07) is 5.42. The summed E-state index contributed by atoms with van der Waals surface area (Å²) in [4.78, 5) is 13.5. The van der Waals surface area contributed by atoms with Gasteiger partial charge in [-0.15, -0.1) is 0 Å². The highest BCUT2D eigenvalue weighted by atomic mass is 32.2. The van der Waals surface area contributed by atoms with Gasteiger partial charge in [0.15, 0.2) is 6.04 Å². The molecule has 2 N–H and O–H groups in total. The number of quaternary nitrogens is 1. The number of piperazine rings is 1. The minimum absolute atomic E-state index is 0.0347. The lowest BCUT2D eigenvalue weighted by atomic mass is 10.1. The highest BCUT2D eigenvalue weighted by Gasteiger charge is 2.34. The summed E-state index contributed by atoms with van der Waals surface area (Å²) in [6.07, 6.45) is 3.13. The fourth-order valence-corrected chi connectivity index (χ4v) is 5.31. The number of hydrogen-bond acceptors (Lipinski definition) is 3. The number of aryl methyl sites for hydroxylation is 2. The van der Waals surface area contributed by atoms with Crippen molar-refractivity contribution in [3.05, 3.63) is 29.3 Å². The van der Waals surface area contributed by atoms with Crippen LogP contribution >= 0.6 is 0 Å². The third-order valence-electron chi connectivity index (χ3n) is 5.43. The molecule has 1 amide bonds. The molecule has 0 aromatic heterocycles. The van der Waals surface area contributed by atoms with E-state index in [1.165, 1.54) is 11.1 Å². The molecular weight excluding hydrogens is 338 g/mol. The van der Waals surface area contributed by atoms with E-state index < -0.39 is 10.0 Å². The maximum absolute atomic E-state index is 12.9. The molecule has 1 fully saturated rings. The van der Waals surface area contributed by atoms with Crippen LogP contribution in [0.4, 0.5) is 0 Å². The first-order valence-electron chi connectivity index (χ1n) is 9.17. The number of carbonyl (C=O) groups is 1. The quantitative estimate of drug-likeness (QED) is 0.744. The van der Waals surface area contributed by atoms with Crippen molar-refractivity contribution in [1.29, 1.82) is 0 Å². The molecule has 25 heavy (non-hydrogen) atoms. The lowest BCUT2D eigenvalue weighted by Gasteiger charge is -2.34. The Morgan fingerprint density at radius 3 is 2.60 bits per heavy atom. The van der Waals surface area contributed by atoms with Crippen molar-refractivity contribution in [3.63, 3.8) is 0 Å². The first kappa shape index (κ1) is 18.4. The van der Waals surface area contributed by atoms with Gasteiger partial charge >= 0.3 is 0 Å². The Labute approximate surface area is 150 Å². The second kappa shape index (κ2) is 7.43. The highest BCUT2D eigenvalue weighted by molar-refractivity contribution is 7.89. The van der Waals surface area contributed by atoms with Crippen LogP contribution in [0.25, 0.3) is 0 Å². The monoisotopic (exact) mass is 366 g/mol. The van der Waals surface area contributed by atoms with Gasteiger partial charge in [-0.2, -0.15) is 4.31 Å². The minimum Gasteiger partial charge on any atom is -0.351 e. The molecule has 1 aliphatic heterocycles. The Morgan fingerprint density at radius 1 is 1.24 bits per heavy atom. The van der Waals surface area contributed by atoms with Crippen LogP contribution in [-0.2, 0) is 27.7 Å². The van der Waals surface area contributed by atoms with Gasteiger partial charge in [0.1, 0.15) is 0 Å². The van der Waals surface area contributed by atoms with Crippen molar-refractivity contribution in [3.8, 4) is 0 Å². The molecule has 1 saturated heterocycles. The van der Waals surface area contributed by atoms with E-state index in [2.05, 4.69) is 5.32 Å². The Kier molecular flexibility index (Phi) is 5.46. The molecule has 1 heterocycles. The molecule has 138 valence electrons. The maximum atomic E-state index is 12.9. The number of benzene rings is 1. The summed E-state index contributed by atoms with van der Waals surface area (Å²) in [5, 5.41) is 2.84. The number of amides is 1. The molecule has 1 atom stereocenters. The molecule has 1 aromatic carbocycles. The van der Waals surface area contributed by atoms with E-state index in [1.54, 1.807) is 10.4 Å². The van der Waals surface area contributed by atoms with Crippen LogP contribution in [-0.4, -0.2) is 57.4 Å². The van der Waals surface area contributed by atoms with Crippen molar-refractivity contribution >= 4 is 15.9 Å². The van der Waals surface area contributed by atoms with Crippen LogP contribution in [0.2, 0.25) is 0 Å². The highest BCUT2D eigenvalue weighted by Crippen LogP contribution is 2.26. The Hall–Kier alpha value is -1.44. The van der Waals surface area contributed by atoms with E-state index in [0.717, 1.165) is 24.2 Å². The zero-order chi connectivity index (χ0) is 18.0. The third kappa shape index (κ3) is 3.73. The second-order valence-corrected chi connectivity index (χ2v) is 8.90. The molecule has 1 aromatic rings. The molecule has 0 spiro atoms. The maximum Gasteiger partial charge on any atom is 0.278 e. The average molecular weight is 367 g/mol. The molecule has 0 saturated carbocycles. The molecule has 0 unspecified atom stereocenters. The van der Waals surface area contributed by atoms with Crippen molar-refractivity contribution in [2.75, 3.05) is 32.7 Å². The summed E-state index contributed by atoms with van der Waals surface area (Å²) < 4.78 is 27.4. The summed E-state index contributed by atoms with van der Waals surface area (Å²) in [5.41, 5.74) is 2.46. The standard InChI is InChI=1S/C18H27N3O3S/c1-3-19-18(22)14(2)20-9-11-21(12-10-20)25(23,24)17-8-7-15-5-4-6-16(15)13-17/h7-8,13-14H,3-6,9-12H2,1-2H3,(H,19,22)/p+1/t14-/m0/s1. The first-order chi connectivity index (χ1) is 11.9. The van der Waals surface area contributed by atoms with E-state index in [-0.39, 0.29) is 11.9 Å². The summed E-state index contributed by atoms with van der Waals surface area (Å²) in [6.45, 7) is 6.66. The number of nitrogens with zero attached hydrogens (tertiary/aromatic N) is 1. The topological polar surface area (TPSA) is 70.9 Å². The van der Waals surface area contributed by atoms with E-state index in [0.29, 0.717) is 37.6 Å². The predicted molar refractivity (Wildman–Crippen MR) is 96.1 cm³/mol. The lowest BCUT2D eigenvalue weighted by Crippen LogP contribution is -3.19. The summed E-state index contributed by atoms with van der Waals surface area (Å²) >= 11 is 0. The van der Waals surface area contributed by atoms with Gasteiger partial charge in [0.2, 0.25) is 10.0 Å². The largest absolute Gasteiger partial charge is 0.351 e. The molecule has 0 bridgehead atoms. The minimum atomic E-state index is -3.44.